The quantitative estimate of drug-likeness (QED) is 0.813. The lowest BCUT2D eigenvalue weighted by Gasteiger charge is -2.34. The smallest absolute Gasteiger partial charge is 0.240 e. The van der Waals surface area contributed by atoms with Gasteiger partial charge in [0.15, 0.2) is 5.82 Å². The molecule has 0 N–H and O–H groups in total. The first kappa shape index (κ1) is 16.6. The molecule has 8 nitrogen and oxygen atoms in total. The van der Waals surface area contributed by atoms with Gasteiger partial charge in [0, 0.05) is 52.4 Å². The van der Waals surface area contributed by atoms with Crippen molar-refractivity contribution in [3.63, 3.8) is 0 Å². The van der Waals surface area contributed by atoms with Gasteiger partial charge < -0.3 is 14.3 Å². The van der Waals surface area contributed by atoms with Crippen LogP contribution >= 0.6 is 0 Å². The summed E-state index contributed by atoms with van der Waals surface area (Å²) in [6.07, 6.45) is 1.82. The topological polar surface area (TPSA) is 74.4 Å². The molecule has 0 spiro atoms. The van der Waals surface area contributed by atoms with Crippen LogP contribution in [0.2, 0.25) is 0 Å². The van der Waals surface area contributed by atoms with Gasteiger partial charge in [-0.2, -0.15) is 9.97 Å². The van der Waals surface area contributed by atoms with Crippen molar-refractivity contribution in [2.75, 3.05) is 50.1 Å². The minimum Gasteiger partial charge on any atom is -0.354 e. The average molecular weight is 331 g/mol. The standard InChI is InChI=1S/C16H25N7O/c1-12(2)15-19-14(24-20-15)11-22-7-9-23(10-8-22)13-5-6-17-16(18-13)21(3)4/h5-6,12H,7-11H2,1-4H3. The van der Waals surface area contributed by atoms with E-state index in [1.807, 2.05) is 31.3 Å². The zero-order valence-electron chi connectivity index (χ0n) is 14.8. The SMILES string of the molecule is CC(C)c1noc(CN2CCN(c3ccnc(N(C)C)n3)CC2)n1. The van der Waals surface area contributed by atoms with Crippen LogP contribution in [0.4, 0.5) is 11.8 Å². The van der Waals surface area contributed by atoms with Gasteiger partial charge in [0.05, 0.1) is 6.54 Å². The number of aromatic nitrogens is 4. The van der Waals surface area contributed by atoms with Crippen LogP contribution < -0.4 is 9.80 Å². The van der Waals surface area contributed by atoms with Crippen LogP contribution in [-0.4, -0.2) is 65.3 Å². The summed E-state index contributed by atoms with van der Waals surface area (Å²) in [4.78, 5) is 19.9. The van der Waals surface area contributed by atoms with E-state index in [9.17, 15) is 0 Å². The molecule has 1 saturated heterocycles. The molecule has 0 atom stereocenters. The fraction of sp³-hybridized carbons (Fsp3) is 0.625. The van der Waals surface area contributed by atoms with Crippen molar-refractivity contribution in [1.29, 1.82) is 0 Å². The summed E-state index contributed by atoms with van der Waals surface area (Å²) in [6.45, 7) is 8.58. The fourth-order valence-electron chi connectivity index (χ4n) is 2.62. The van der Waals surface area contributed by atoms with Crippen LogP contribution in [0.3, 0.4) is 0 Å². The first-order valence-electron chi connectivity index (χ1n) is 8.33. The Labute approximate surface area is 142 Å². The van der Waals surface area contributed by atoms with Gasteiger partial charge in [0.1, 0.15) is 5.82 Å². The number of hydrogen-bond donors (Lipinski definition) is 0. The van der Waals surface area contributed by atoms with Crippen LogP contribution in [0, 0.1) is 0 Å². The van der Waals surface area contributed by atoms with Crippen molar-refractivity contribution in [1.82, 2.24) is 25.0 Å². The summed E-state index contributed by atoms with van der Waals surface area (Å²) < 4.78 is 5.34. The molecule has 0 bridgehead atoms. The molecular weight excluding hydrogens is 306 g/mol. The summed E-state index contributed by atoms with van der Waals surface area (Å²) in [5, 5.41) is 4.03. The van der Waals surface area contributed by atoms with E-state index in [0.717, 1.165) is 43.8 Å². The first-order chi connectivity index (χ1) is 11.5. The molecule has 8 heteroatoms. The highest BCUT2D eigenvalue weighted by Gasteiger charge is 2.21. The highest BCUT2D eigenvalue weighted by atomic mass is 16.5. The minimum absolute atomic E-state index is 0.294. The van der Waals surface area contributed by atoms with E-state index in [-0.39, 0.29) is 0 Å². The van der Waals surface area contributed by atoms with Gasteiger partial charge in [0.25, 0.3) is 0 Å². The maximum atomic E-state index is 5.34. The number of nitrogens with zero attached hydrogens (tertiary/aromatic N) is 7. The Bertz CT molecular complexity index is 662. The van der Waals surface area contributed by atoms with E-state index >= 15 is 0 Å². The molecule has 0 saturated carbocycles. The lowest BCUT2D eigenvalue weighted by Crippen LogP contribution is -2.46. The van der Waals surface area contributed by atoms with Crippen molar-refractivity contribution in [2.24, 2.45) is 0 Å². The van der Waals surface area contributed by atoms with Gasteiger partial charge in [0.2, 0.25) is 11.8 Å². The minimum atomic E-state index is 0.294. The third-order valence-electron chi connectivity index (χ3n) is 4.08. The third-order valence-corrected chi connectivity index (χ3v) is 4.08. The van der Waals surface area contributed by atoms with Gasteiger partial charge >= 0.3 is 0 Å². The summed E-state index contributed by atoms with van der Waals surface area (Å²) in [5.41, 5.74) is 0. The second-order valence-corrected chi connectivity index (χ2v) is 6.57. The first-order valence-corrected chi connectivity index (χ1v) is 8.33. The molecule has 1 aliphatic rings. The van der Waals surface area contributed by atoms with Crippen molar-refractivity contribution in [3.05, 3.63) is 24.0 Å². The second kappa shape index (κ2) is 7.12. The molecule has 0 unspecified atom stereocenters. The Kier molecular flexibility index (Phi) is 4.94. The molecule has 3 rings (SSSR count). The second-order valence-electron chi connectivity index (χ2n) is 6.57. The van der Waals surface area contributed by atoms with Crippen LogP contribution in [0.15, 0.2) is 16.8 Å². The molecule has 130 valence electrons. The fourth-order valence-corrected chi connectivity index (χ4v) is 2.62. The Morgan fingerprint density at radius 3 is 2.54 bits per heavy atom. The molecule has 3 heterocycles. The molecule has 0 aliphatic carbocycles. The van der Waals surface area contributed by atoms with Gasteiger partial charge in [-0.3, -0.25) is 4.90 Å². The molecule has 24 heavy (non-hydrogen) atoms. The van der Waals surface area contributed by atoms with E-state index < -0.39 is 0 Å². The Hall–Kier alpha value is -2.22. The normalized spacial score (nSPS) is 16.0. The van der Waals surface area contributed by atoms with Gasteiger partial charge in [-0.25, -0.2) is 4.98 Å². The van der Waals surface area contributed by atoms with Gasteiger partial charge in [-0.15, -0.1) is 0 Å². The predicted octanol–water partition coefficient (Wildman–Crippen LogP) is 1.37. The Balaban J connectivity index is 1.56. The molecule has 0 radical (unpaired) electrons. The average Bonchev–Trinajstić information content (AvgIpc) is 3.04. The molecule has 2 aromatic rings. The lowest BCUT2D eigenvalue weighted by molar-refractivity contribution is 0.215. The largest absolute Gasteiger partial charge is 0.354 e. The lowest BCUT2D eigenvalue weighted by atomic mass is 10.2. The van der Waals surface area contributed by atoms with Crippen molar-refractivity contribution in [2.45, 2.75) is 26.3 Å². The van der Waals surface area contributed by atoms with Crippen molar-refractivity contribution in [3.8, 4) is 0 Å². The molecular formula is C16H25N7O. The molecule has 1 aliphatic heterocycles. The van der Waals surface area contributed by atoms with Crippen LogP contribution in [0.25, 0.3) is 0 Å². The highest BCUT2D eigenvalue weighted by molar-refractivity contribution is 5.43. The molecule has 2 aromatic heterocycles. The van der Waals surface area contributed by atoms with E-state index in [4.69, 9.17) is 4.52 Å². The molecule has 1 fully saturated rings. The van der Waals surface area contributed by atoms with Crippen LogP contribution in [0.5, 0.6) is 0 Å². The number of anilines is 2. The monoisotopic (exact) mass is 331 g/mol. The van der Waals surface area contributed by atoms with Crippen LogP contribution in [0.1, 0.15) is 31.5 Å². The van der Waals surface area contributed by atoms with Gasteiger partial charge in [-0.1, -0.05) is 19.0 Å². The van der Waals surface area contributed by atoms with Gasteiger partial charge in [-0.05, 0) is 6.07 Å². The zero-order chi connectivity index (χ0) is 17.1. The molecule has 0 aromatic carbocycles. The maximum absolute atomic E-state index is 5.34. The highest BCUT2D eigenvalue weighted by Crippen LogP contribution is 2.17. The Morgan fingerprint density at radius 2 is 1.92 bits per heavy atom. The van der Waals surface area contributed by atoms with E-state index in [2.05, 4.69) is 43.8 Å². The summed E-state index contributed by atoms with van der Waals surface area (Å²) in [6, 6.07) is 1.97. The maximum Gasteiger partial charge on any atom is 0.240 e. The third kappa shape index (κ3) is 3.81. The van der Waals surface area contributed by atoms with Crippen LogP contribution in [-0.2, 0) is 6.54 Å². The predicted molar refractivity (Wildman–Crippen MR) is 92.2 cm³/mol. The number of hydrogen-bond acceptors (Lipinski definition) is 8. The number of rotatable bonds is 5. The summed E-state index contributed by atoms with van der Waals surface area (Å²) in [5.74, 6) is 3.49. The molecule has 0 amide bonds. The van der Waals surface area contributed by atoms with E-state index in [1.165, 1.54) is 0 Å². The Morgan fingerprint density at radius 1 is 1.17 bits per heavy atom. The number of piperazine rings is 1. The van der Waals surface area contributed by atoms with E-state index in [0.29, 0.717) is 18.4 Å². The zero-order valence-corrected chi connectivity index (χ0v) is 14.8. The van der Waals surface area contributed by atoms with E-state index in [1.54, 1.807) is 0 Å². The summed E-state index contributed by atoms with van der Waals surface area (Å²) in [7, 11) is 3.90. The summed E-state index contributed by atoms with van der Waals surface area (Å²) >= 11 is 0. The van der Waals surface area contributed by atoms with Crippen molar-refractivity contribution < 1.29 is 4.52 Å². The van der Waals surface area contributed by atoms with Crippen molar-refractivity contribution >= 4 is 11.8 Å².